The molecule has 2 atom stereocenters. The Bertz CT molecular complexity index is 1000. The second-order valence-corrected chi connectivity index (χ2v) is 8.86. The van der Waals surface area contributed by atoms with Crippen LogP contribution in [0.25, 0.3) is 0 Å². The Kier molecular flexibility index (Phi) is 5.81. The first-order valence-corrected chi connectivity index (χ1v) is 10.8. The van der Waals surface area contributed by atoms with Gasteiger partial charge >= 0.3 is 5.97 Å². The number of quaternary nitrogens is 1. The minimum atomic E-state index is -3.48. The Morgan fingerprint density at radius 2 is 1.75 bits per heavy atom. The Morgan fingerprint density at radius 3 is 2.43 bits per heavy atom. The van der Waals surface area contributed by atoms with Crippen LogP contribution in [0.15, 0.2) is 53.4 Å². The maximum absolute atomic E-state index is 12.6. The number of sulfone groups is 1. The molecule has 1 heterocycles. The van der Waals surface area contributed by atoms with Crippen LogP contribution in [0.5, 0.6) is 0 Å². The van der Waals surface area contributed by atoms with Gasteiger partial charge in [-0.15, -0.1) is 0 Å². The van der Waals surface area contributed by atoms with Crippen molar-refractivity contribution in [2.45, 2.75) is 23.9 Å². The second-order valence-electron chi connectivity index (χ2n) is 6.88. The van der Waals surface area contributed by atoms with Crippen molar-refractivity contribution < 1.29 is 27.6 Å². The molecule has 0 aliphatic carbocycles. The molecule has 1 aliphatic heterocycles. The topological polar surface area (TPSA) is 94.0 Å². The number of fused-ring (bicyclic) bond motifs is 1. The van der Waals surface area contributed by atoms with Crippen LogP contribution in [-0.2, 0) is 37.1 Å². The zero-order valence-electron chi connectivity index (χ0n) is 15.8. The molecule has 0 radical (unpaired) electrons. The number of methoxy groups -OCH3 is 1. The molecule has 0 saturated carbocycles. The van der Waals surface area contributed by atoms with E-state index in [4.69, 9.17) is 4.74 Å². The van der Waals surface area contributed by atoms with Crippen molar-refractivity contribution in [3.8, 4) is 0 Å². The highest BCUT2D eigenvalue weighted by Gasteiger charge is 2.37. The highest BCUT2D eigenvalue weighted by Crippen LogP contribution is 2.20. The second kappa shape index (κ2) is 8.12. The molecule has 2 N–H and O–H groups in total. The predicted octanol–water partition coefficient (Wildman–Crippen LogP) is 0.211. The first kappa shape index (κ1) is 20.0. The molecule has 3 rings (SSSR count). The lowest BCUT2D eigenvalue weighted by Gasteiger charge is -2.31. The van der Waals surface area contributed by atoms with Gasteiger partial charge in [0.05, 0.1) is 17.7 Å². The van der Waals surface area contributed by atoms with E-state index in [9.17, 15) is 18.0 Å². The highest BCUT2D eigenvalue weighted by atomic mass is 32.2. The van der Waals surface area contributed by atoms with Crippen molar-refractivity contribution in [3.05, 3.63) is 59.7 Å². The van der Waals surface area contributed by atoms with Gasteiger partial charge in [-0.25, -0.2) is 13.2 Å². The number of benzene rings is 2. The van der Waals surface area contributed by atoms with Gasteiger partial charge in [0.2, 0.25) is 0 Å². The number of hydrogen-bond acceptors (Lipinski definition) is 5. The fourth-order valence-corrected chi connectivity index (χ4v) is 4.38. The van der Waals surface area contributed by atoms with Crippen molar-refractivity contribution in [3.63, 3.8) is 0 Å². The maximum atomic E-state index is 12.6. The largest absolute Gasteiger partial charge is 0.465 e. The number of rotatable bonds is 5. The van der Waals surface area contributed by atoms with Crippen LogP contribution in [0.3, 0.4) is 0 Å². The standard InChI is InChI=1S/C20H22N2O5S/c1-27-20(24)17-11-14-7-3-4-8-15(14)12-22(17)13-19(23)21-16-9-5-6-10-18(16)28(2,25)26/h3-10,17H,11-13H2,1-2H3,(H,21,23)/p+1/t17-/m1/s1. The molecule has 0 fully saturated rings. The Morgan fingerprint density at radius 1 is 1.11 bits per heavy atom. The van der Waals surface area contributed by atoms with Crippen LogP contribution in [-0.4, -0.2) is 46.2 Å². The first-order valence-electron chi connectivity index (χ1n) is 8.87. The molecule has 1 unspecified atom stereocenters. The van der Waals surface area contributed by atoms with Crippen LogP contribution in [0, 0.1) is 0 Å². The van der Waals surface area contributed by atoms with E-state index in [0.29, 0.717) is 13.0 Å². The summed E-state index contributed by atoms with van der Waals surface area (Å²) in [4.78, 5) is 25.7. The van der Waals surface area contributed by atoms with Crippen LogP contribution < -0.4 is 10.2 Å². The lowest BCUT2D eigenvalue weighted by atomic mass is 9.94. The Labute approximate surface area is 164 Å². The Hall–Kier alpha value is -2.71. The van der Waals surface area contributed by atoms with Crippen molar-refractivity contribution in [2.75, 3.05) is 25.2 Å². The summed E-state index contributed by atoms with van der Waals surface area (Å²) in [7, 11) is -2.14. The molecule has 1 amide bonds. The smallest absolute Gasteiger partial charge is 0.365 e. The van der Waals surface area contributed by atoms with Gasteiger partial charge in [-0.05, 0) is 17.7 Å². The van der Waals surface area contributed by atoms with E-state index in [1.54, 1.807) is 18.2 Å². The van der Waals surface area contributed by atoms with E-state index in [0.717, 1.165) is 22.3 Å². The van der Waals surface area contributed by atoms with E-state index in [2.05, 4.69) is 5.32 Å². The summed E-state index contributed by atoms with van der Waals surface area (Å²) in [5, 5.41) is 2.67. The average Bonchev–Trinajstić information content (AvgIpc) is 2.66. The summed E-state index contributed by atoms with van der Waals surface area (Å²) in [5.41, 5.74) is 2.40. The zero-order valence-corrected chi connectivity index (χ0v) is 16.6. The van der Waals surface area contributed by atoms with Gasteiger partial charge in [-0.1, -0.05) is 36.4 Å². The molecule has 0 saturated heterocycles. The number of esters is 1. The number of carbonyl (C=O) groups is 2. The SMILES string of the molecule is COC(=O)[C@H]1Cc2ccccc2C[NH+]1CC(=O)Nc1ccccc1S(C)(=O)=O. The predicted molar refractivity (Wildman–Crippen MR) is 104 cm³/mol. The molecule has 2 aromatic rings. The quantitative estimate of drug-likeness (QED) is 0.697. The van der Waals surface area contributed by atoms with E-state index >= 15 is 0 Å². The number of para-hydroxylation sites is 1. The molecular weight excluding hydrogens is 380 g/mol. The fourth-order valence-electron chi connectivity index (χ4n) is 3.53. The minimum Gasteiger partial charge on any atom is -0.465 e. The lowest BCUT2D eigenvalue weighted by molar-refractivity contribution is -0.924. The number of carbonyl (C=O) groups excluding carboxylic acids is 2. The van der Waals surface area contributed by atoms with E-state index in [1.807, 2.05) is 24.3 Å². The van der Waals surface area contributed by atoms with Gasteiger partial charge in [0.25, 0.3) is 5.91 Å². The monoisotopic (exact) mass is 403 g/mol. The van der Waals surface area contributed by atoms with Gasteiger partial charge in [-0.3, -0.25) is 4.79 Å². The van der Waals surface area contributed by atoms with Crippen molar-refractivity contribution in [1.82, 2.24) is 0 Å². The third-order valence-corrected chi connectivity index (χ3v) is 6.04. The Balaban J connectivity index is 1.80. The molecule has 0 spiro atoms. The molecule has 28 heavy (non-hydrogen) atoms. The summed E-state index contributed by atoms with van der Waals surface area (Å²) in [6.07, 6.45) is 1.59. The van der Waals surface area contributed by atoms with Gasteiger partial charge in [0, 0.05) is 18.2 Å². The number of amides is 1. The number of hydrogen-bond donors (Lipinski definition) is 2. The van der Waals surface area contributed by atoms with E-state index in [-0.39, 0.29) is 29.0 Å². The van der Waals surface area contributed by atoms with Crippen LogP contribution >= 0.6 is 0 Å². The van der Waals surface area contributed by atoms with Crippen molar-refractivity contribution >= 4 is 27.4 Å². The van der Waals surface area contributed by atoms with Crippen LogP contribution in [0.1, 0.15) is 11.1 Å². The summed E-state index contributed by atoms with van der Waals surface area (Å²) in [6.45, 7) is 0.531. The number of anilines is 1. The third kappa shape index (κ3) is 4.40. The zero-order chi connectivity index (χ0) is 20.3. The lowest BCUT2D eigenvalue weighted by Crippen LogP contribution is -3.17. The number of ether oxygens (including phenoxy) is 1. The third-order valence-electron chi connectivity index (χ3n) is 4.89. The summed E-state index contributed by atoms with van der Waals surface area (Å²) < 4.78 is 28.8. The van der Waals surface area contributed by atoms with Gasteiger partial charge in [0.1, 0.15) is 6.54 Å². The molecule has 2 aromatic carbocycles. The number of nitrogens with one attached hydrogen (secondary N) is 2. The summed E-state index contributed by atoms with van der Waals surface area (Å²) in [5.74, 6) is -0.728. The normalized spacial score (nSPS) is 18.8. The molecule has 0 bridgehead atoms. The molecule has 148 valence electrons. The van der Waals surface area contributed by atoms with E-state index in [1.165, 1.54) is 13.2 Å². The molecule has 8 heteroatoms. The molecule has 7 nitrogen and oxygen atoms in total. The average molecular weight is 403 g/mol. The minimum absolute atomic E-state index is 0.0200. The van der Waals surface area contributed by atoms with Crippen molar-refractivity contribution in [1.29, 1.82) is 0 Å². The first-order chi connectivity index (χ1) is 13.3. The van der Waals surface area contributed by atoms with Crippen LogP contribution in [0.4, 0.5) is 5.69 Å². The fraction of sp³-hybridized carbons (Fsp3) is 0.300. The maximum Gasteiger partial charge on any atom is 0.365 e. The summed E-state index contributed by atoms with van der Waals surface area (Å²) in [6, 6.07) is 13.6. The molecule has 1 aliphatic rings. The molecular formula is C20H23N2O5S+. The summed E-state index contributed by atoms with van der Waals surface area (Å²) >= 11 is 0. The van der Waals surface area contributed by atoms with E-state index < -0.39 is 15.9 Å². The van der Waals surface area contributed by atoms with Gasteiger partial charge in [0.15, 0.2) is 22.4 Å². The molecule has 0 aromatic heterocycles. The van der Waals surface area contributed by atoms with Gasteiger partial charge < -0.3 is 15.0 Å². The van der Waals surface area contributed by atoms with Crippen molar-refractivity contribution in [2.24, 2.45) is 0 Å². The van der Waals surface area contributed by atoms with Crippen LogP contribution in [0.2, 0.25) is 0 Å². The van der Waals surface area contributed by atoms with Gasteiger partial charge in [-0.2, -0.15) is 0 Å². The highest BCUT2D eigenvalue weighted by molar-refractivity contribution is 7.90.